The van der Waals surface area contributed by atoms with Crippen molar-refractivity contribution in [1.29, 1.82) is 0 Å². The standard InChI is InChI=1S/C29H27ClFN3O5/c1-18-26(28(36)37)27(20-4-2-5-21(30)16-20)34(29(38)33-18)15-3-14-32-17-25(35)19-6-10-23(11-7-19)39-24-12-8-22(31)9-13-24/h2,4-13,16,26-27,32H,3,14-15,17H2,1H3,(H,36,37). The quantitative estimate of drug-likeness (QED) is 0.231. The number of nitrogens with one attached hydrogen (secondary N) is 1. The average Bonchev–Trinajstić information content (AvgIpc) is 2.90. The highest BCUT2D eigenvalue weighted by Gasteiger charge is 2.42. The first-order valence-corrected chi connectivity index (χ1v) is 12.7. The molecule has 2 unspecified atom stereocenters. The van der Waals surface area contributed by atoms with Crippen LogP contribution in [0.3, 0.4) is 0 Å². The predicted octanol–water partition coefficient (Wildman–Crippen LogP) is 5.77. The van der Waals surface area contributed by atoms with E-state index in [0.717, 1.165) is 0 Å². The maximum absolute atomic E-state index is 13.0. The van der Waals surface area contributed by atoms with Crippen molar-refractivity contribution >= 4 is 35.1 Å². The van der Waals surface area contributed by atoms with Gasteiger partial charge in [0.25, 0.3) is 0 Å². The van der Waals surface area contributed by atoms with Crippen LogP contribution in [0.2, 0.25) is 5.02 Å². The van der Waals surface area contributed by atoms with Crippen molar-refractivity contribution in [3.63, 3.8) is 0 Å². The summed E-state index contributed by atoms with van der Waals surface area (Å²) in [5.41, 5.74) is 1.36. The van der Waals surface area contributed by atoms with E-state index in [9.17, 15) is 23.9 Å². The second-order valence-electron chi connectivity index (χ2n) is 9.08. The minimum atomic E-state index is -1.07. The molecule has 0 radical (unpaired) electrons. The van der Waals surface area contributed by atoms with Gasteiger partial charge in [0, 0.05) is 22.8 Å². The highest BCUT2D eigenvalue weighted by molar-refractivity contribution is 6.30. The molecule has 0 bridgehead atoms. The summed E-state index contributed by atoms with van der Waals surface area (Å²) >= 11 is 6.15. The van der Waals surface area contributed by atoms with E-state index in [1.165, 1.54) is 29.2 Å². The molecule has 0 spiro atoms. The smallest absolute Gasteiger partial charge is 0.344 e. The number of amides is 2. The van der Waals surface area contributed by atoms with Crippen LogP contribution in [-0.4, -0.2) is 53.1 Å². The van der Waals surface area contributed by atoms with Crippen LogP contribution in [0.1, 0.15) is 35.3 Å². The van der Waals surface area contributed by atoms with Gasteiger partial charge in [-0.2, -0.15) is 0 Å². The Bertz CT molecular complexity index is 1380. The van der Waals surface area contributed by atoms with Gasteiger partial charge in [-0.1, -0.05) is 23.7 Å². The minimum Gasteiger partial charge on any atom is -0.481 e. The van der Waals surface area contributed by atoms with Crippen molar-refractivity contribution in [3.05, 3.63) is 94.8 Å². The van der Waals surface area contributed by atoms with E-state index in [4.69, 9.17) is 16.3 Å². The van der Waals surface area contributed by atoms with Gasteiger partial charge in [0.2, 0.25) is 0 Å². The number of benzene rings is 3. The van der Waals surface area contributed by atoms with E-state index in [1.54, 1.807) is 55.5 Å². The molecule has 10 heteroatoms. The molecule has 39 heavy (non-hydrogen) atoms. The Balaban J connectivity index is 1.31. The van der Waals surface area contributed by atoms with Crippen molar-refractivity contribution in [2.75, 3.05) is 19.6 Å². The molecule has 1 aliphatic rings. The van der Waals surface area contributed by atoms with Gasteiger partial charge >= 0.3 is 12.0 Å². The average molecular weight is 552 g/mol. The number of halogens is 2. The van der Waals surface area contributed by atoms with Crippen molar-refractivity contribution in [1.82, 2.24) is 10.2 Å². The fourth-order valence-electron chi connectivity index (χ4n) is 4.45. The number of ketones is 1. The Kier molecular flexibility index (Phi) is 9.06. The van der Waals surface area contributed by atoms with Gasteiger partial charge < -0.3 is 20.1 Å². The summed E-state index contributed by atoms with van der Waals surface area (Å²) in [7, 11) is 0. The Hall–Kier alpha value is -4.08. The maximum atomic E-state index is 13.0. The highest BCUT2D eigenvalue weighted by atomic mass is 35.5. The lowest BCUT2D eigenvalue weighted by Gasteiger charge is -2.38. The Labute approximate surface area is 230 Å². The van der Waals surface area contributed by atoms with Gasteiger partial charge in [-0.05, 0) is 86.1 Å². The molecule has 0 saturated heterocycles. The Morgan fingerprint density at radius 2 is 1.74 bits per heavy atom. The van der Waals surface area contributed by atoms with Crippen LogP contribution in [0, 0.1) is 11.7 Å². The fraction of sp³-hybridized carbons (Fsp3) is 0.241. The lowest BCUT2D eigenvalue weighted by Crippen LogP contribution is -2.47. The molecule has 1 aliphatic heterocycles. The first kappa shape index (κ1) is 27.9. The molecular formula is C29H27ClFN3O5. The van der Waals surface area contributed by atoms with Gasteiger partial charge in [-0.25, -0.2) is 14.2 Å². The Morgan fingerprint density at radius 3 is 2.38 bits per heavy atom. The number of hydrogen-bond acceptors (Lipinski definition) is 5. The van der Waals surface area contributed by atoms with Crippen LogP contribution in [0.25, 0.3) is 0 Å². The molecule has 2 N–H and O–H groups in total. The summed E-state index contributed by atoms with van der Waals surface area (Å²) in [5.74, 6) is -1.54. The van der Waals surface area contributed by atoms with Crippen LogP contribution < -0.4 is 10.1 Å². The molecule has 1 heterocycles. The van der Waals surface area contributed by atoms with Crippen molar-refractivity contribution in [3.8, 4) is 11.5 Å². The van der Waals surface area contributed by atoms with Crippen LogP contribution in [0.15, 0.2) is 77.8 Å². The number of aliphatic carboxylic acids is 1. The first-order valence-electron chi connectivity index (χ1n) is 12.3. The summed E-state index contributed by atoms with van der Waals surface area (Å²) in [6, 6.07) is 17.8. The summed E-state index contributed by atoms with van der Waals surface area (Å²) in [6.07, 6.45) is 0.474. The molecule has 2 amide bonds. The number of ether oxygens (including phenoxy) is 1. The second kappa shape index (κ2) is 12.6. The van der Waals surface area contributed by atoms with Gasteiger partial charge in [-0.15, -0.1) is 0 Å². The zero-order valence-electron chi connectivity index (χ0n) is 21.1. The van der Waals surface area contributed by atoms with Crippen LogP contribution in [0.4, 0.5) is 9.18 Å². The number of carbonyl (C=O) groups is 3. The monoisotopic (exact) mass is 551 g/mol. The number of urea groups is 1. The maximum Gasteiger partial charge on any atom is 0.344 e. The van der Waals surface area contributed by atoms with E-state index in [2.05, 4.69) is 10.3 Å². The lowest BCUT2D eigenvalue weighted by molar-refractivity contribution is -0.141. The van der Waals surface area contributed by atoms with Crippen molar-refractivity contribution in [2.45, 2.75) is 19.4 Å². The van der Waals surface area contributed by atoms with Crippen molar-refractivity contribution < 1.29 is 28.6 Å². The van der Waals surface area contributed by atoms with Crippen LogP contribution >= 0.6 is 11.6 Å². The number of carbonyl (C=O) groups excluding carboxylic acids is 2. The van der Waals surface area contributed by atoms with Crippen LogP contribution in [0.5, 0.6) is 11.5 Å². The predicted molar refractivity (Wildman–Crippen MR) is 145 cm³/mol. The van der Waals surface area contributed by atoms with Gasteiger partial charge in [0.1, 0.15) is 23.2 Å². The fourth-order valence-corrected chi connectivity index (χ4v) is 4.65. The molecule has 0 saturated carbocycles. The molecule has 8 nitrogen and oxygen atoms in total. The van der Waals surface area contributed by atoms with Crippen molar-refractivity contribution in [2.24, 2.45) is 10.9 Å². The molecular weight excluding hydrogens is 525 g/mol. The topological polar surface area (TPSA) is 108 Å². The number of hydrogen-bond donors (Lipinski definition) is 2. The second-order valence-corrected chi connectivity index (χ2v) is 9.52. The Morgan fingerprint density at radius 1 is 1.08 bits per heavy atom. The third-order valence-corrected chi connectivity index (χ3v) is 6.57. The van der Waals surface area contributed by atoms with Crippen LogP contribution in [-0.2, 0) is 4.79 Å². The molecule has 3 aromatic carbocycles. The number of nitrogens with zero attached hydrogens (tertiary/aromatic N) is 2. The first-order chi connectivity index (χ1) is 18.7. The van der Waals surface area contributed by atoms with Gasteiger partial charge in [0.05, 0.1) is 12.6 Å². The van der Waals surface area contributed by atoms with Gasteiger partial charge in [0.15, 0.2) is 5.78 Å². The summed E-state index contributed by atoms with van der Waals surface area (Å²) in [6.45, 7) is 2.29. The number of Topliss-reactive ketones (excluding diaryl/α,β-unsaturated/α-hetero) is 1. The number of carboxylic acid groups (broad SMARTS) is 1. The van der Waals surface area contributed by atoms with E-state index in [1.807, 2.05) is 0 Å². The largest absolute Gasteiger partial charge is 0.481 e. The zero-order chi connectivity index (χ0) is 27.9. The van der Waals surface area contributed by atoms with E-state index < -0.39 is 24.0 Å². The third kappa shape index (κ3) is 7.07. The molecule has 2 atom stereocenters. The normalized spacial score (nSPS) is 17.1. The van der Waals surface area contributed by atoms with Gasteiger partial charge in [-0.3, -0.25) is 9.59 Å². The number of aliphatic imine (C=N–C) groups is 1. The summed E-state index contributed by atoms with van der Waals surface area (Å²) in [4.78, 5) is 42.8. The third-order valence-electron chi connectivity index (χ3n) is 6.34. The highest BCUT2D eigenvalue weighted by Crippen LogP contribution is 2.35. The minimum absolute atomic E-state index is 0.0822. The molecule has 3 aromatic rings. The number of rotatable bonds is 11. The molecule has 202 valence electrons. The molecule has 0 aromatic heterocycles. The van der Waals surface area contributed by atoms with E-state index >= 15 is 0 Å². The zero-order valence-corrected chi connectivity index (χ0v) is 21.9. The molecule has 0 aliphatic carbocycles. The molecule has 0 fully saturated rings. The molecule has 4 rings (SSSR count). The van der Waals surface area contributed by atoms with E-state index in [-0.39, 0.29) is 30.4 Å². The summed E-state index contributed by atoms with van der Waals surface area (Å²) in [5, 5.41) is 13.4. The van der Waals surface area contributed by atoms with E-state index in [0.29, 0.717) is 40.6 Å². The SMILES string of the molecule is CC1=NC(=O)N(CCCNCC(=O)c2ccc(Oc3ccc(F)cc3)cc2)C(c2cccc(Cl)c2)C1C(=O)O. The summed E-state index contributed by atoms with van der Waals surface area (Å²) < 4.78 is 18.7. The lowest BCUT2D eigenvalue weighted by atomic mass is 9.87. The number of carboxylic acids is 1.